The molecule has 1 aromatic carbocycles. The summed E-state index contributed by atoms with van der Waals surface area (Å²) in [7, 11) is 1.56. The third-order valence-corrected chi connectivity index (χ3v) is 2.99. The number of alkyl halides is 2. The Morgan fingerprint density at radius 2 is 2.11 bits per heavy atom. The van der Waals surface area contributed by atoms with Crippen molar-refractivity contribution in [1.29, 1.82) is 0 Å². The number of likely N-dealkylation sites (tertiary alicyclic amines) is 1. The van der Waals surface area contributed by atoms with E-state index >= 15 is 0 Å². The quantitative estimate of drug-likeness (QED) is 0.909. The van der Waals surface area contributed by atoms with Gasteiger partial charge in [-0.1, -0.05) is 0 Å². The number of methoxy groups -OCH3 is 1. The SMILES string of the molecule is COc1ccc(NC(=O)CN2CCC(F)(F)C2)cc1. The lowest BCUT2D eigenvalue weighted by molar-refractivity contribution is -0.117. The summed E-state index contributed by atoms with van der Waals surface area (Å²) >= 11 is 0. The van der Waals surface area contributed by atoms with Crippen molar-refractivity contribution in [3.05, 3.63) is 24.3 Å². The van der Waals surface area contributed by atoms with Crippen LogP contribution in [0.2, 0.25) is 0 Å². The summed E-state index contributed by atoms with van der Waals surface area (Å²) in [5.41, 5.74) is 0.622. The minimum atomic E-state index is -2.67. The molecule has 0 aromatic heterocycles. The molecule has 6 heteroatoms. The molecule has 0 bridgehead atoms. The van der Waals surface area contributed by atoms with Gasteiger partial charge in [0.25, 0.3) is 5.92 Å². The van der Waals surface area contributed by atoms with Gasteiger partial charge in [-0.3, -0.25) is 9.69 Å². The molecule has 1 aliphatic rings. The van der Waals surface area contributed by atoms with Crippen LogP contribution in [0.1, 0.15) is 6.42 Å². The van der Waals surface area contributed by atoms with E-state index in [2.05, 4.69) is 5.32 Å². The molecule has 0 aliphatic carbocycles. The van der Waals surface area contributed by atoms with Crippen molar-refractivity contribution in [2.45, 2.75) is 12.3 Å². The maximum Gasteiger partial charge on any atom is 0.261 e. The highest BCUT2D eigenvalue weighted by Gasteiger charge is 2.38. The van der Waals surface area contributed by atoms with Crippen molar-refractivity contribution in [2.24, 2.45) is 0 Å². The standard InChI is InChI=1S/C13H16F2N2O2/c1-19-11-4-2-10(3-5-11)16-12(18)8-17-7-6-13(14,15)9-17/h2-5H,6-9H2,1H3,(H,16,18). The predicted molar refractivity (Wildman–Crippen MR) is 67.6 cm³/mol. The smallest absolute Gasteiger partial charge is 0.261 e. The number of nitrogens with one attached hydrogen (secondary N) is 1. The van der Waals surface area contributed by atoms with Crippen LogP contribution in [0.4, 0.5) is 14.5 Å². The first-order valence-corrected chi connectivity index (χ1v) is 6.03. The molecule has 104 valence electrons. The summed E-state index contributed by atoms with van der Waals surface area (Å²) in [6.45, 7) is -0.103. The summed E-state index contributed by atoms with van der Waals surface area (Å²) in [5.74, 6) is -2.26. The van der Waals surface area contributed by atoms with Gasteiger partial charge >= 0.3 is 0 Å². The molecule has 0 spiro atoms. The number of rotatable bonds is 4. The zero-order valence-electron chi connectivity index (χ0n) is 10.7. The van der Waals surface area contributed by atoms with E-state index in [0.717, 1.165) is 0 Å². The van der Waals surface area contributed by atoms with Crippen molar-refractivity contribution >= 4 is 11.6 Å². The lowest BCUT2D eigenvalue weighted by atomic mass is 10.3. The molecular formula is C13H16F2N2O2. The number of carbonyl (C=O) groups is 1. The topological polar surface area (TPSA) is 41.6 Å². The van der Waals surface area contributed by atoms with Crippen molar-refractivity contribution in [3.8, 4) is 5.75 Å². The molecule has 1 amide bonds. The molecule has 1 heterocycles. The number of benzene rings is 1. The van der Waals surface area contributed by atoms with Gasteiger partial charge < -0.3 is 10.1 Å². The van der Waals surface area contributed by atoms with Crippen LogP contribution in [-0.4, -0.2) is 43.5 Å². The summed E-state index contributed by atoms with van der Waals surface area (Å²) < 4.78 is 30.9. The Hall–Kier alpha value is -1.69. The largest absolute Gasteiger partial charge is 0.497 e. The molecule has 1 N–H and O–H groups in total. The molecule has 1 saturated heterocycles. The summed E-state index contributed by atoms with van der Waals surface area (Å²) in [6, 6.07) is 6.85. The first kappa shape index (κ1) is 13.7. The Labute approximate surface area is 110 Å². The first-order valence-electron chi connectivity index (χ1n) is 6.03. The van der Waals surface area contributed by atoms with E-state index in [-0.39, 0.29) is 32.0 Å². The van der Waals surface area contributed by atoms with Gasteiger partial charge in [0.1, 0.15) is 5.75 Å². The lowest BCUT2D eigenvalue weighted by Gasteiger charge is -2.15. The minimum absolute atomic E-state index is 0.0123. The van der Waals surface area contributed by atoms with E-state index in [0.29, 0.717) is 11.4 Å². The maximum absolute atomic E-state index is 13.0. The number of anilines is 1. The van der Waals surface area contributed by atoms with Gasteiger partial charge in [-0.05, 0) is 24.3 Å². The van der Waals surface area contributed by atoms with Gasteiger partial charge in [0, 0.05) is 18.7 Å². The second-order valence-corrected chi connectivity index (χ2v) is 4.59. The Bertz CT molecular complexity index is 448. The van der Waals surface area contributed by atoms with Gasteiger partial charge in [-0.25, -0.2) is 8.78 Å². The van der Waals surface area contributed by atoms with Gasteiger partial charge in [0.15, 0.2) is 0 Å². The third kappa shape index (κ3) is 3.89. The van der Waals surface area contributed by atoms with Crippen LogP contribution < -0.4 is 10.1 Å². The summed E-state index contributed by atoms with van der Waals surface area (Å²) in [5, 5.41) is 2.67. The molecule has 4 nitrogen and oxygen atoms in total. The molecular weight excluding hydrogens is 254 g/mol. The Balaban J connectivity index is 1.84. The van der Waals surface area contributed by atoms with Crippen molar-refractivity contribution in [2.75, 3.05) is 32.1 Å². The monoisotopic (exact) mass is 270 g/mol. The van der Waals surface area contributed by atoms with E-state index in [1.165, 1.54) is 4.90 Å². The second kappa shape index (κ2) is 5.52. The van der Waals surface area contributed by atoms with E-state index < -0.39 is 5.92 Å². The molecule has 0 atom stereocenters. The molecule has 0 saturated carbocycles. The average Bonchev–Trinajstić information content (AvgIpc) is 2.69. The average molecular weight is 270 g/mol. The van der Waals surface area contributed by atoms with Crippen molar-refractivity contribution in [3.63, 3.8) is 0 Å². The van der Waals surface area contributed by atoms with Crippen LogP contribution in [0, 0.1) is 0 Å². The van der Waals surface area contributed by atoms with E-state index in [9.17, 15) is 13.6 Å². The third-order valence-electron chi connectivity index (χ3n) is 2.99. The molecule has 0 radical (unpaired) electrons. The zero-order valence-corrected chi connectivity index (χ0v) is 10.7. The van der Waals surface area contributed by atoms with Gasteiger partial charge in [-0.15, -0.1) is 0 Å². The van der Waals surface area contributed by atoms with Crippen LogP contribution in [-0.2, 0) is 4.79 Å². The predicted octanol–water partition coefficient (Wildman–Crippen LogP) is 1.97. The normalized spacial score (nSPS) is 18.3. The fourth-order valence-electron chi connectivity index (χ4n) is 2.02. The second-order valence-electron chi connectivity index (χ2n) is 4.59. The number of amides is 1. The molecule has 19 heavy (non-hydrogen) atoms. The number of halogens is 2. The van der Waals surface area contributed by atoms with Gasteiger partial charge in [0.05, 0.1) is 20.2 Å². The summed E-state index contributed by atoms with van der Waals surface area (Å²) in [4.78, 5) is 13.2. The van der Waals surface area contributed by atoms with Crippen LogP contribution in [0.3, 0.4) is 0 Å². The number of carbonyl (C=O) groups excluding carboxylic acids is 1. The molecule has 0 unspecified atom stereocenters. The van der Waals surface area contributed by atoms with E-state index in [1.807, 2.05) is 0 Å². The summed E-state index contributed by atoms with van der Waals surface area (Å²) in [6.07, 6.45) is -0.178. The molecule has 2 rings (SSSR count). The van der Waals surface area contributed by atoms with Crippen LogP contribution in [0.5, 0.6) is 5.75 Å². The van der Waals surface area contributed by atoms with Gasteiger partial charge in [-0.2, -0.15) is 0 Å². The Kier molecular flexibility index (Phi) is 3.99. The van der Waals surface area contributed by atoms with Crippen LogP contribution >= 0.6 is 0 Å². The highest BCUT2D eigenvalue weighted by molar-refractivity contribution is 5.92. The van der Waals surface area contributed by atoms with E-state index in [1.54, 1.807) is 31.4 Å². The fraction of sp³-hybridized carbons (Fsp3) is 0.462. The number of hydrogen-bond acceptors (Lipinski definition) is 3. The van der Waals surface area contributed by atoms with Crippen molar-refractivity contribution < 1.29 is 18.3 Å². The van der Waals surface area contributed by atoms with Crippen LogP contribution in [0.25, 0.3) is 0 Å². The maximum atomic E-state index is 13.0. The zero-order chi connectivity index (χ0) is 13.9. The fourth-order valence-corrected chi connectivity index (χ4v) is 2.02. The van der Waals surface area contributed by atoms with Crippen molar-refractivity contribution in [1.82, 2.24) is 4.90 Å². The number of ether oxygens (including phenoxy) is 1. The highest BCUT2D eigenvalue weighted by Crippen LogP contribution is 2.26. The first-order chi connectivity index (χ1) is 8.98. The molecule has 1 fully saturated rings. The Morgan fingerprint density at radius 3 is 2.63 bits per heavy atom. The van der Waals surface area contributed by atoms with Crippen LogP contribution in [0.15, 0.2) is 24.3 Å². The molecule has 1 aliphatic heterocycles. The Morgan fingerprint density at radius 1 is 1.42 bits per heavy atom. The highest BCUT2D eigenvalue weighted by atomic mass is 19.3. The number of hydrogen-bond donors (Lipinski definition) is 1. The number of nitrogens with zero attached hydrogens (tertiary/aromatic N) is 1. The molecule has 1 aromatic rings. The lowest BCUT2D eigenvalue weighted by Crippen LogP contribution is -2.33. The van der Waals surface area contributed by atoms with Gasteiger partial charge in [0.2, 0.25) is 5.91 Å². The van der Waals surface area contributed by atoms with E-state index in [4.69, 9.17) is 4.74 Å². The minimum Gasteiger partial charge on any atom is -0.497 e.